The smallest absolute Gasteiger partial charge is 0.306 e. The average molecular weight is 931 g/mol. The van der Waals surface area contributed by atoms with E-state index >= 15 is 0 Å². The van der Waals surface area contributed by atoms with E-state index in [-0.39, 0.29) is 31.1 Å². The van der Waals surface area contributed by atoms with Gasteiger partial charge in [-0.1, -0.05) is 214 Å². The molecule has 0 bridgehead atoms. The largest absolute Gasteiger partial charge is 0.462 e. The summed E-state index contributed by atoms with van der Waals surface area (Å²) in [7, 11) is 0. The lowest BCUT2D eigenvalue weighted by Gasteiger charge is -2.18. The topological polar surface area (TPSA) is 78.9 Å². The lowest BCUT2D eigenvalue weighted by Crippen LogP contribution is -2.30. The molecule has 0 aromatic carbocycles. The Morgan fingerprint density at radius 1 is 0.313 bits per heavy atom. The van der Waals surface area contributed by atoms with Gasteiger partial charge in [-0.25, -0.2) is 0 Å². The zero-order valence-electron chi connectivity index (χ0n) is 43.6. The molecule has 67 heavy (non-hydrogen) atoms. The van der Waals surface area contributed by atoms with Gasteiger partial charge in [-0.15, -0.1) is 0 Å². The Kier molecular flexibility index (Phi) is 51.9. The maximum atomic E-state index is 12.8. The Balaban J connectivity index is 4.45. The molecule has 0 saturated carbocycles. The van der Waals surface area contributed by atoms with E-state index in [0.717, 1.165) is 128 Å². The monoisotopic (exact) mass is 931 g/mol. The summed E-state index contributed by atoms with van der Waals surface area (Å²) in [5, 5.41) is 0. The van der Waals surface area contributed by atoms with Gasteiger partial charge in [0.25, 0.3) is 0 Å². The fourth-order valence-corrected chi connectivity index (χ4v) is 7.44. The maximum absolute atomic E-state index is 12.8. The Hall–Kier alpha value is -3.67. The number of hydrogen-bond donors (Lipinski definition) is 0. The maximum Gasteiger partial charge on any atom is 0.306 e. The first kappa shape index (κ1) is 63.3. The van der Waals surface area contributed by atoms with E-state index in [9.17, 15) is 14.4 Å². The summed E-state index contributed by atoms with van der Waals surface area (Å²) in [6.45, 7) is 6.37. The number of unbranched alkanes of at least 4 members (excludes halogenated alkanes) is 22. The minimum atomic E-state index is -0.795. The van der Waals surface area contributed by atoms with E-state index < -0.39 is 6.10 Å². The van der Waals surface area contributed by atoms with Crippen LogP contribution in [-0.2, 0) is 28.6 Å². The van der Waals surface area contributed by atoms with Crippen molar-refractivity contribution in [3.8, 4) is 0 Å². The third kappa shape index (κ3) is 53.2. The molecule has 0 aliphatic rings. The van der Waals surface area contributed by atoms with Crippen LogP contribution in [0.5, 0.6) is 0 Å². The second kappa shape index (κ2) is 54.9. The summed E-state index contributed by atoms with van der Waals surface area (Å²) in [6.07, 6.45) is 72.4. The summed E-state index contributed by atoms with van der Waals surface area (Å²) in [5.74, 6) is -0.924. The Bertz CT molecular complexity index is 1350. The van der Waals surface area contributed by atoms with E-state index in [1.165, 1.54) is 83.5 Å². The second-order valence-corrected chi connectivity index (χ2v) is 18.1. The van der Waals surface area contributed by atoms with E-state index in [1.807, 2.05) is 0 Å². The average Bonchev–Trinajstić information content (AvgIpc) is 3.33. The van der Waals surface area contributed by atoms with Crippen LogP contribution in [0.3, 0.4) is 0 Å². The zero-order valence-corrected chi connectivity index (χ0v) is 43.6. The molecule has 0 amide bonds. The molecular weight excluding hydrogens is 829 g/mol. The van der Waals surface area contributed by atoms with E-state index in [4.69, 9.17) is 14.2 Å². The highest BCUT2D eigenvalue weighted by molar-refractivity contribution is 5.71. The molecule has 0 aliphatic heterocycles. The van der Waals surface area contributed by atoms with Crippen LogP contribution < -0.4 is 0 Å². The molecule has 0 aromatic heterocycles. The number of allylic oxidation sites excluding steroid dienone is 16. The van der Waals surface area contributed by atoms with Gasteiger partial charge in [-0.2, -0.15) is 0 Å². The van der Waals surface area contributed by atoms with Gasteiger partial charge in [-0.05, 0) is 116 Å². The third-order valence-corrected chi connectivity index (χ3v) is 11.6. The number of hydrogen-bond acceptors (Lipinski definition) is 6. The third-order valence-electron chi connectivity index (χ3n) is 11.6. The molecule has 6 nitrogen and oxygen atoms in total. The van der Waals surface area contributed by atoms with Crippen molar-refractivity contribution in [1.29, 1.82) is 0 Å². The molecule has 0 aromatic rings. The highest BCUT2D eigenvalue weighted by Gasteiger charge is 2.19. The molecule has 0 heterocycles. The minimum absolute atomic E-state index is 0.0921. The summed E-state index contributed by atoms with van der Waals surface area (Å²) in [5.41, 5.74) is 0. The van der Waals surface area contributed by atoms with Gasteiger partial charge in [0.05, 0.1) is 0 Å². The van der Waals surface area contributed by atoms with Gasteiger partial charge in [-0.3, -0.25) is 14.4 Å². The predicted molar refractivity (Wildman–Crippen MR) is 288 cm³/mol. The molecule has 0 rings (SSSR count). The lowest BCUT2D eigenvalue weighted by molar-refractivity contribution is -0.167. The van der Waals surface area contributed by atoms with Gasteiger partial charge >= 0.3 is 17.9 Å². The Labute approximate surface area is 413 Å². The molecule has 0 N–H and O–H groups in total. The molecule has 6 heteroatoms. The number of carbonyl (C=O) groups excluding carboxylic acids is 3. The van der Waals surface area contributed by atoms with Crippen LogP contribution in [0.25, 0.3) is 0 Å². The summed E-state index contributed by atoms with van der Waals surface area (Å²) >= 11 is 0. The van der Waals surface area contributed by atoms with Crippen molar-refractivity contribution in [1.82, 2.24) is 0 Å². The second-order valence-electron chi connectivity index (χ2n) is 18.1. The van der Waals surface area contributed by atoms with Gasteiger partial charge < -0.3 is 14.2 Å². The first-order valence-electron chi connectivity index (χ1n) is 27.7. The summed E-state index contributed by atoms with van der Waals surface area (Å²) in [6, 6.07) is 0. The van der Waals surface area contributed by atoms with Crippen molar-refractivity contribution in [3.63, 3.8) is 0 Å². The van der Waals surface area contributed by atoms with Gasteiger partial charge in [0.2, 0.25) is 0 Å². The lowest BCUT2D eigenvalue weighted by atomic mass is 10.1. The van der Waals surface area contributed by atoms with Crippen molar-refractivity contribution in [2.75, 3.05) is 13.2 Å². The first-order chi connectivity index (χ1) is 33.0. The standard InChI is InChI=1S/C61H102O6/c1-4-7-10-13-16-19-22-25-28-31-34-36-39-42-45-48-51-54-60(63)66-57-58(67-61(64)55-52-49-46-43-40-37-33-30-27-24-21-18-15-12-9-6-3)56-65-59(62)53-50-47-44-41-38-35-32-29-26-23-20-17-14-11-8-5-2/h8-9,11-12,16-21,25-30,58H,4-7,10,13-15,22-24,31-57H2,1-3H3/b11-8-,12-9-,19-16-,20-17-,21-18-,28-25-,29-26-,30-27-. The summed E-state index contributed by atoms with van der Waals surface area (Å²) in [4.78, 5) is 38.1. The predicted octanol–water partition coefficient (Wildman–Crippen LogP) is 18.5. The number of carbonyl (C=O) groups is 3. The van der Waals surface area contributed by atoms with E-state index in [2.05, 4.69) is 118 Å². The van der Waals surface area contributed by atoms with Crippen LogP contribution >= 0.6 is 0 Å². The SMILES string of the molecule is CC/C=C\C/C=C\C/C=C\CCCCCCCCC(=O)OCC(COC(=O)CCCCCCCCC/C=C\C/C=C\CCCCC)OC(=O)CCCCCCCC/C=C\C/C=C\C/C=C\CC. The van der Waals surface area contributed by atoms with E-state index in [1.54, 1.807) is 0 Å². The molecule has 0 spiro atoms. The molecular formula is C61H102O6. The minimum Gasteiger partial charge on any atom is -0.462 e. The van der Waals surface area contributed by atoms with Crippen LogP contribution in [0.4, 0.5) is 0 Å². The molecule has 1 unspecified atom stereocenters. The Morgan fingerprint density at radius 3 is 0.910 bits per heavy atom. The molecule has 1 atom stereocenters. The fraction of sp³-hybridized carbons (Fsp3) is 0.689. The van der Waals surface area contributed by atoms with Crippen LogP contribution in [-0.4, -0.2) is 37.2 Å². The van der Waals surface area contributed by atoms with Crippen molar-refractivity contribution in [2.45, 2.75) is 258 Å². The van der Waals surface area contributed by atoms with Crippen LogP contribution in [0.15, 0.2) is 97.2 Å². The highest BCUT2D eigenvalue weighted by Crippen LogP contribution is 2.14. The summed E-state index contributed by atoms with van der Waals surface area (Å²) < 4.78 is 16.8. The first-order valence-corrected chi connectivity index (χ1v) is 27.7. The Morgan fingerprint density at radius 2 is 0.582 bits per heavy atom. The quantitative estimate of drug-likeness (QED) is 0.0262. The van der Waals surface area contributed by atoms with Crippen molar-refractivity contribution in [3.05, 3.63) is 97.2 Å². The van der Waals surface area contributed by atoms with Crippen molar-refractivity contribution < 1.29 is 28.6 Å². The van der Waals surface area contributed by atoms with Crippen LogP contribution in [0.1, 0.15) is 252 Å². The van der Waals surface area contributed by atoms with E-state index in [0.29, 0.717) is 19.3 Å². The fourth-order valence-electron chi connectivity index (χ4n) is 7.44. The van der Waals surface area contributed by atoms with Crippen molar-refractivity contribution in [2.24, 2.45) is 0 Å². The van der Waals surface area contributed by atoms with Gasteiger partial charge in [0.1, 0.15) is 13.2 Å². The van der Waals surface area contributed by atoms with Crippen molar-refractivity contribution >= 4 is 17.9 Å². The van der Waals surface area contributed by atoms with Gasteiger partial charge in [0.15, 0.2) is 6.10 Å². The number of esters is 3. The zero-order chi connectivity index (χ0) is 48.6. The highest BCUT2D eigenvalue weighted by atomic mass is 16.6. The molecule has 0 aliphatic carbocycles. The molecule has 0 saturated heterocycles. The molecule has 382 valence electrons. The normalized spacial score (nSPS) is 12.8. The molecule has 0 fully saturated rings. The number of ether oxygens (including phenoxy) is 3. The van der Waals surface area contributed by atoms with Gasteiger partial charge in [0, 0.05) is 19.3 Å². The van der Waals surface area contributed by atoms with Crippen LogP contribution in [0, 0.1) is 0 Å². The van der Waals surface area contributed by atoms with Crippen LogP contribution in [0.2, 0.25) is 0 Å². The molecule has 0 radical (unpaired) electrons. The number of rotatable bonds is 49.